The van der Waals surface area contributed by atoms with Gasteiger partial charge in [0.15, 0.2) is 12.6 Å². The van der Waals surface area contributed by atoms with Gasteiger partial charge >= 0.3 is 11.9 Å². The minimum absolute atomic E-state index is 0.0773. The average Bonchev–Trinajstić information content (AvgIpc) is 2.37. The van der Waals surface area contributed by atoms with Crippen LogP contribution in [0.2, 0.25) is 0 Å². The fourth-order valence-corrected chi connectivity index (χ4v) is 1.37. The zero-order chi connectivity index (χ0) is 15.4. The highest BCUT2D eigenvalue weighted by atomic mass is 16.6. The van der Waals surface area contributed by atoms with Crippen molar-refractivity contribution in [2.24, 2.45) is 5.73 Å². The van der Waals surface area contributed by atoms with E-state index in [9.17, 15) is 14.4 Å². The molecule has 8 heteroatoms. The summed E-state index contributed by atoms with van der Waals surface area (Å²) >= 11 is 0. The second kappa shape index (κ2) is 11.2. The topological polar surface area (TPSA) is 124 Å². The first-order valence-electron chi connectivity index (χ1n) is 6.54. The third-order valence-electron chi connectivity index (χ3n) is 2.27. The van der Waals surface area contributed by atoms with Crippen LogP contribution in [0.3, 0.4) is 0 Å². The van der Waals surface area contributed by atoms with E-state index in [2.05, 4.69) is 5.32 Å². The summed E-state index contributed by atoms with van der Waals surface area (Å²) in [7, 11) is 0. The third-order valence-corrected chi connectivity index (χ3v) is 2.27. The van der Waals surface area contributed by atoms with E-state index in [1.54, 1.807) is 0 Å². The lowest BCUT2D eigenvalue weighted by molar-refractivity contribution is -0.644. The van der Waals surface area contributed by atoms with E-state index >= 15 is 0 Å². The van der Waals surface area contributed by atoms with Gasteiger partial charge in [0, 0.05) is 20.3 Å². The summed E-state index contributed by atoms with van der Waals surface area (Å²) in [4.78, 5) is 33.1. The summed E-state index contributed by atoms with van der Waals surface area (Å²) in [5, 5.41) is 4.46. The largest absolute Gasteiger partial charge is 0.462 e. The Bertz CT molecular complexity index is 322. The molecular weight excluding hydrogens is 266 g/mol. The number of amides is 1. The van der Waals surface area contributed by atoms with Gasteiger partial charge in [0.2, 0.25) is 0 Å². The van der Waals surface area contributed by atoms with E-state index < -0.39 is 18.0 Å². The molecule has 0 spiro atoms. The zero-order valence-corrected chi connectivity index (χ0v) is 12.0. The van der Waals surface area contributed by atoms with Crippen molar-refractivity contribution < 1.29 is 29.2 Å². The minimum atomic E-state index is -0.676. The number of ether oxygens (including phenoxy) is 2. The van der Waals surface area contributed by atoms with Crippen molar-refractivity contribution in [3.05, 3.63) is 0 Å². The number of hydrogen-bond acceptors (Lipinski definition) is 6. The van der Waals surface area contributed by atoms with Crippen LogP contribution in [0.5, 0.6) is 0 Å². The molecule has 0 heterocycles. The van der Waals surface area contributed by atoms with E-state index in [0.29, 0.717) is 6.54 Å². The van der Waals surface area contributed by atoms with Crippen LogP contribution in [-0.4, -0.2) is 56.7 Å². The molecule has 116 valence electrons. The molecule has 0 bridgehead atoms. The summed E-state index contributed by atoms with van der Waals surface area (Å²) in [5.41, 5.74) is 5.34. The Morgan fingerprint density at radius 2 is 1.95 bits per heavy atom. The zero-order valence-electron chi connectivity index (χ0n) is 12.0. The number of rotatable bonds is 10. The summed E-state index contributed by atoms with van der Waals surface area (Å²) in [5.74, 6) is -1.14. The second-order valence-electron chi connectivity index (χ2n) is 4.26. The van der Waals surface area contributed by atoms with E-state index in [1.807, 2.05) is 5.32 Å². The van der Waals surface area contributed by atoms with Crippen LogP contribution in [0.15, 0.2) is 0 Å². The maximum atomic E-state index is 11.5. The van der Waals surface area contributed by atoms with Crippen LogP contribution < -0.4 is 16.4 Å². The maximum Gasteiger partial charge on any atom is 0.303 e. The van der Waals surface area contributed by atoms with E-state index in [4.69, 9.17) is 15.2 Å². The SMILES string of the molecule is CC(=O)OCC(CNC(=O)C[NH2+]CCCN)OC(C)=O. The van der Waals surface area contributed by atoms with Gasteiger partial charge in [0.1, 0.15) is 6.61 Å². The van der Waals surface area contributed by atoms with Crippen molar-refractivity contribution in [3.8, 4) is 0 Å². The number of nitrogens with two attached hydrogens (primary N) is 2. The molecule has 0 fully saturated rings. The molecule has 1 unspecified atom stereocenters. The van der Waals surface area contributed by atoms with Gasteiger partial charge in [0.25, 0.3) is 5.91 Å². The van der Waals surface area contributed by atoms with Gasteiger partial charge in [-0.2, -0.15) is 0 Å². The van der Waals surface area contributed by atoms with Crippen LogP contribution in [0.1, 0.15) is 20.3 Å². The number of quaternary nitrogens is 1. The number of nitrogens with one attached hydrogen (secondary N) is 1. The van der Waals surface area contributed by atoms with E-state index in [0.717, 1.165) is 13.0 Å². The fraction of sp³-hybridized carbons (Fsp3) is 0.750. The standard InChI is InChI=1S/C12H23N3O5/c1-9(16)19-8-11(20-10(2)17)6-15-12(18)7-14-5-3-4-13/h11,14H,3-8,13H2,1-2H3,(H,15,18)/p+1. The summed E-state index contributed by atoms with van der Waals surface area (Å²) in [6, 6.07) is 0. The van der Waals surface area contributed by atoms with Gasteiger partial charge in [-0.15, -0.1) is 0 Å². The summed E-state index contributed by atoms with van der Waals surface area (Å²) in [6.07, 6.45) is 0.167. The predicted octanol–water partition coefficient (Wildman–Crippen LogP) is -2.49. The average molecular weight is 290 g/mol. The summed E-state index contributed by atoms with van der Waals surface area (Å²) < 4.78 is 9.70. The van der Waals surface area contributed by atoms with Gasteiger partial charge in [-0.05, 0) is 6.54 Å². The molecule has 1 atom stereocenters. The number of carbonyl (C=O) groups is 3. The highest BCUT2D eigenvalue weighted by Crippen LogP contribution is 1.94. The van der Waals surface area contributed by atoms with Crippen molar-refractivity contribution in [3.63, 3.8) is 0 Å². The molecule has 0 aliphatic rings. The first-order chi connectivity index (χ1) is 9.45. The highest BCUT2D eigenvalue weighted by molar-refractivity contribution is 5.76. The normalized spacial score (nSPS) is 11.6. The molecule has 5 N–H and O–H groups in total. The predicted molar refractivity (Wildman–Crippen MR) is 70.5 cm³/mol. The van der Waals surface area contributed by atoms with Crippen LogP contribution in [0.25, 0.3) is 0 Å². The third kappa shape index (κ3) is 11.4. The Balaban J connectivity index is 3.94. The Morgan fingerprint density at radius 3 is 2.50 bits per heavy atom. The molecule has 0 aromatic carbocycles. The van der Waals surface area contributed by atoms with Gasteiger partial charge in [-0.25, -0.2) is 0 Å². The number of esters is 2. The lowest BCUT2D eigenvalue weighted by Gasteiger charge is -2.17. The smallest absolute Gasteiger partial charge is 0.303 e. The van der Waals surface area contributed by atoms with Crippen LogP contribution in [0, 0.1) is 0 Å². The molecule has 20 heavy (non-hydrogen) atoms. The monoisotopic (exact) mass is 290 g/mol. The molecule has 0 saturated carbocycles. The Labute approximate surface area is 118 Å². The fourth-order valence-electron chi connectivity index (χ4n) is 1.37. The molecule has 0 rings (SSSR count). The first kappa shape index (κ1) is 18.3. The van der Waals surface area contributed by atoms with Crippen LogP contribution in [0.4, 0.5) is 0 Å². The van der Waals surface area contributed by atoms with Gasteiger partial charge in [-0.1, -0.05) is 0 Å². The molecule has 8 nitrogen and oxygen atoms in total. The Morgan fingerprint density at radius 1 is 1.25 bits per heavy atom. The molecule has 0 saturated heterocycles. The molecule has 0 radical (unpaired) electrons. The van der Waals surface area contributed by atoms with Gasteiger partial charge in [-0.3, -0.25) is 14.4 Å². The van der Waals surface area contributed by atoms with Crippen molar-refractivity contribution >= 4 is 17.8 Å². The molecule has 0 aromatic heterocycles. The highest BCUT2D eigenvalue weighted by Gasteiger charge is 2.15. The maximum absolute atomic E-state index is 11.5. The van der Waals surface area contributed by atoms with Crippen LogP contribution >= 0.6 is 0 Å². The summed E-state index contributed by atoms with van der Waals surface area (Å²) in [6.45, 7) is 4.20. The van der Waals surface area contributed by atoms with Crippen molar-refractivity contribution in [1.82, 2.24) is 5.32 Å². The number of carbonyl (C=O) groups excluding carboxylic acids is 3. The second-order valence-corrected chi connectivity index (χ2v) is 4.26. The first-order valence-corrected chi connectivity index (χ1v) is 6.54. The molecule has 0 aliphatic heterocycles. The lowest BCUT2D eigenvalue weighted by atomic mass is 10.3. The lowest BCUT2D eigenvalue weighted by Crippen LogP contribution is -2.86. The van der Waals surface area contributed by atoms with Gasteiger partial charge in [0.05, 0.1) is 13.1 Å². The molecule has 0 aromatic rings. The minimum Gasteiger partial charge on any atom is -0.462 e. The molecule has 0 aliphatic carbocycles. The van der Waals surface area contributed by atoms with Crippen LogP contribution in [-0.2, 0) is 23.9 Å². The van der Waals surface area contributed by atoms with Crippen molar-refractivity contribution in [2.45, 2.75) is 26.4 Å². The van der Waals surface area contributed by atoms with Crippen molar-refractivity contribution in [1.29, 1.82) is 0 Å². The van der Waals surface area contributed by atoms with E-state index in [1.165, 1.54) is 13.8 Å². The van der Waals surface area contributed by atoms with Gasteiger partial charge < -0.3 is 25.8 Å². The molecule has 1 amide bonds. The van der Waals surface area contributed by atoms with Crippen molar-refractivity contribution in [2.75, 3.05) is 32.8 Å². The Hall–Kier alpha value is -1.67. The number of hydrogen-bond donors (Lipinski definition) is 3. The molecular formula is C12H24N3O5+. The quantitative estimate of drug-likeness (QED) is 0.302. The van der Waals surface area contributed by atoms with E-state index in [-0.39, 0.29) is 25.6 Å². The Kier molecular flexibility index (Phi) is 10.2.